The van der Waals surface area contributed by atoms with Crippen molar-refractivity contribution in [2.45, 2.75) is 31.7 Å². The molecule has 1 aromatic carbocycles. The first-order valence-electron chi connectivity index (χ1n) is 9.12. The second-order valence-electron chi connectivity index (χ2n) is 6.76. The van der Waals surface area contributed by atoms with Gasteiger partial charge in [-0.2, -0.15) is 0 Å². The van der Waals surface area contributed by atoms with Gasteiger partial charge in [0.25, 0.3) is 5.91 Å². The van der Waals surface area contributed by atoms with Crippen LogP contribution in [0.1, 0.15) is 35.2 Å². The molecule has 2 unspecified atom stereocenters. The third-order valence-electron chi connectivity index (χ3n) is 4.94. The summed E-state index contributed by atoms with van der Waals surface area (Å²) in [5, 5.41) is 14.3. The van der Waals surface area contributed by atoms with Gasteiger partial charge in [-0.05, 0) is 42.9 Å². The maximum absolute atomic E-state index is 12.2. The van der Waals surface area contributed by atoms with Crippen molar-refractivity contribution in [2.24, 2.45) is 5.92 Å². The lowest BCUT2D eigenvalue weighted by atomic mass is 9.94. The van der Waals surface area contributed by atoms with Crippen LogP contribution in [-0.2, 0) is 6.42 Å². The van der Waals surface area contributed by atoms with E-state index >= 15 is 0 Å². The number of nitrogens with one attached hydrogen (secondary N) is 2. The second-order valence-corrected chi connectivity index (χ2v) is 7.59. The van der Waals surface area contributed by atoms with Crippen molar-refractivity contribution in [1.82, 2.24) is 15.2 Å². The third kappa shape index (κ3) is 4.49. The number of pyridine rings is 1. The number of nitrogens with zero attached hydrogens (tertiary/aromatic N) is 3. The lowest BCUT2D eigenvalue weighted by Gasteiger charge is -2.21. The number of carbonyl (C=O) groups is 1. The molecule has 4 rings (SSSR count). The Labute approximate surface area is 162 Å². The van der Waals surface area contributed by atoms with Gasteiger partial charge in [0.2, 0.25) is 5.13 Å². The molecule has 0 spiro atoms. The number of aromatic nitrogens is 3. The number of benzene rings is 1. The van der Waals surface area contributed by atoms with Gasteiger partial charge >= 0.3 is 0 Å². The highest BCUT2D eigenvalue weighted by molar-refractivity contribution is 7.13. The van der Waals surface area contributed by atoms with Crippen LogP contribution >= 0.6 is 11.3 Å². The third-order valence-corrected chi connectivity index (χ3v) is 5.55. The fraction of sp³-hybridized carbons (Fsp3) is 0.300. The van der Waals surface area contributed by atoms with Crippen LogP contribution < -0.4 is 10.6 Å². The first-order chi connectivity index (χ1) is 13.3. The van der Waals surface area contributed by atoms with Crippen LogP contribution in [-0.4, -0.2) is 27.1 Å². The maximum Gasteiger partial charge on any atom is 0.259 e. The van der Waals surface area contributed by atoms with Crippen molar-refractivity contribution >= 4 is 28.2 Å². The van der Waals surface area contributed by atoms with Gasteiger partial charge in [0.15, 0.2) is 0 Å². The molecule has 138 valence electrons. The van der Waals surface area contributed by atoms with Crippen molar-refractivity contribution in [1.29, 1.82) is 0 Å². The number of rotatable bonds is 6. The van der Waals surface area contributed by atoms with Gasteiger partial charge in [0.05, 0.1) is 5.56 Å². The minimum atomic E-state index is -0.228. The Morgan fingerprint density at radius 1 is 1.15 bits per heavy atom. The first kappa shape index (κ1) is 17.6. The zero-order chi connectivity index (χ0) is 18.5. The summed E-state index contributed by atoms with van der Waals surface area (Å²) in [5.74, 6) is 1.19. The summed E-state index contributed by atoms with van der Waals surface area (Å²) < 4.78 is 0. The van der Waals surface area contributed by atoms with Gasteiger partial charge in [-0.15, -0.1) is 10.2 Å². The van der Waals surface area contributed by atoms with Gasteiger partial charge in [-0.3, -0.25) is 10.1 Å². The van der Waals surface area contributed by atoms with Crippen LogP contribution in [0.5, 0.6) is 0 Å². The predicted octanol–water partition coefficient (Wildman–Crippen LogP) is 4.01. The van der Waals surface area contributed by atoms with E-state index in [9.17, 15) is 4.79 Å². The smallest absolute Gasteiger partial charge is 0.259 e. The topological polar surface area (TPSA) is 79.8 Å². The van der Waals surface area contributed by atoms with Crippen molar-refractivity contribution in [3.63, 3.8) is 0 Å². The van der Waals surface area contributed by atoms with E-state index in [2.05, 4.69) is 56.1 Å². The van der Waals surface area contributed by atoms with E-state index < -0.39 is 0 Å². The molecule has 2 heterocycles. The van der Waals surface area contributed by atoms with Gasteiger partial charge in [-0.25, -0.2) is 4.98 Å². The van der Waals surface area contributed by atoms with Crippen LogP contribution in [0.2, 0.25) is 0 Å². The van der Waals surface area contributed by atoms with Crippen molar-refractivity contribution in [3.8, 4) is 0 Å². The largest absolute Gasteiger partial charge is 0.367 e. The van der Waals surface area contributed by atoms with Gasteiger partial charge in [0.1, 0.15) is 11.3 Å². The standard InChI is InChI=1S/C20H21N5OS/c26-19(24-20-25-22-13-27-20)16-9-10-18(21-12-16)23-17-8-4-7-15(17)11-14-5-2-1-3-6-14/h1-3,5-6,9-10,12-13,15,17H,4,7-8,11H2,(H,21,23)(H,24,25,26). The van der Waals surface area contributed by atoms with E-state index in [0.29, 0.717) is 22.7 Å². The average Bonchev–Trinajstić information content (AvgIpc) is 3.36. The summed E-state index contributed by atoms with van der Waals surface area (Å²) in [6, 6.07) is 14.7. The Hall–Kier alpha value is -2.80. The van der Waals surface area contributed by atoms with Crippen LogP contribution in [0, 0.1) is 5.92 Å². The predicted molar refractivity (Wildman–Crippen MR) is 107 cm³/mol. The van der Waals surface area contributed by atoms with Crippen LogP contribution in [0.3, 0.4) is 0 Å². The lowest BCUT2D eigenvalue weighted by Crippen LogP contribution is -2.26. The molecule has 0 radical (unpaired) electrons. The van der Waals surface area contributed by atoms with E-state index in [4.69, 9.17) is 0 Å². The van der Waals surface area contributed by atoms with E-state index in [1.54, 1.807) is 17.8 Å². The maximum atomic E-state index is 12.2. The minimum absolute atomic E-state index is 0.228. The Bertz CT molecular complexity index is 867. The first-order valence-corrected chi connectivity index (χ1v) is 10.00. The van der Waals surface area contributed by atoms with Gasteiger partial charge in [-0.1, -0.05) is 48.1 Å². The van der Waals surface area contributed by atoms with Crippen LogP contribution in [0.4, 0.5) is 10.9 Å². The summed E-state index contributed by atoms with van der Waals surface area (Å²) >= 11 is 1.28. The number of amides is 1. The Morgan fingerprint density at radius 2 is 2.04 bits per heavy atom. The zero-order valence-electron chi connectivity index (χ0n) is 14.8. The molecule has 1 aliphatic carbocycles. The summed E-state index contributed by atoms with van der Waals surface area (Å²) in [7, 11) is 0. The molecule has 0 bridgehead atoms. The Balaban J connectivity index is 1.36. The van der Waals surface area contributed by atoms with E-state index in [0.717, 1.165) is 18.7 Å². The zero-order valence-corrected chi connectivity index (χ0v) is 15.7. The molecule has 3 aromatic rings. The molecule has 7 heteroatoms. The molecule has 2 aromatic heterocycles. The molecule has 0 aliphatic heterocycles. The minimum Gasteiger partial charge on any atom is -0.367 e. The fourth-order valence-electron chi connectivity index (χ4n) is 3.59. The SMILES string of the molecule is O=C(Nc1nncs1)c1ccc(NC2CCCC2Cc2ccccc2)nc1. The summed E-state index contributed by atoms with van der Waals surface area (Å²) in [6.45, 7) is 0. The molecule has 1 aliphatic rings. The van der Waals surface area contributed by atoms with Crippen LogP contribution in [0.25, 0.3) is 0 Å². The van der Waals surface area contributed by atoms with Crippen molar-refractivity contribution < 1.29 is 4.79 Å². The summed E-state index contributed by atoms with van der Waals surface area (Å²) in [4.78, 5) is 16.6. The molecule has 2 atom stereocenters. The molecule has 6 nitrogen and oxygen atoms in total. The molecule has 1 amide bonds. The van der Waals surface area contributed by atoms with E-state index in [1.807, 2.05) is 6.07 Å². The monoisotopic (exact) mass is 379 g/mol. The van der Waals surface area contributed by atoms with E-state index in [1.165, 1.54) is 29.7 Å². The molecule has 0 saturated heterocycles. The highest BCUT2D eigenvalue weighted by Crippen LogP contribution is 2.31. The average molecular weight is 379 g/mol. The van der Waals surface area contributed by atoms with Gasteiger partial charge < -0.3 is 5.32 Å². The van der Waals surface area contributed by atoms with Crippen LogP contribution in [0.15, 0.2) is 54.2 Å². The summed E-state index contributed by atoms with van der Waals surface area (Å²) in [6.07, 6.45) is 6.30. The number of hydrogen-bond acceptors (Lipinski definition) is 6. The highest BCUT2D eigenvalue weighted by Gasteiger charge is 2.27. The summed E-state index contributed by atoms with van der Waals surface area (Å²) in [5.41, 5.74) is 3.46. The number of anilines is 2. The van der Waals surface area contributed by atoms with Gasteiger partial charge in [0, 0.05) is 12.2 Å². The molecule has 1 fully saturated rings. The number of hydrogen-bond donors (Lipinski definition) is 2. The fourth-order valence-corrected chi connectivity index (χ4v) is 4.03. The normalized spacial score (nSPS) is 19.0. The highest BCUT2D eigenvalue weighted by atomic mass is 32.1. The Kier molecular flexibility index (Phi) is 5.39. The molecule has 27 heavy (non-hydrogen) atoms. The number of carbonyl (C=O) groups excluding carboxylic acids is 1. The molecular formula is C20H21N5OS. The molecule has 1 saturated carbocycles. The molecular weight excluding hydrogens is 358 g/mol. The quantitative estimate of drug-likeness (QED) is 0.676. The second kappa shape index (κ2) is 8.26. The molecule has 2 N–H and O–H groups in total. The Morgan fingerprint density at radius 3 is 2.78 bits per heavy atom. The van der Waals surface area contributed by atoms with Crippen molar-refractivity contribution in [2.75, 3.05) is 10.6 Å². The van der Waals surface area contributed by atoms with Crippen molar-refractivity contribution in [3.05, 3.63) is 65.3 Å². The lowest BCUT2D eigenvalue weighted by molar-refractivity contribution is 0.102. The van der Waals surface area contributed by atoms with E-state index in [-0.39, 0.29) is 5.91 Å².